The van der Waals surface area contributed by atoms with Crippen molar-refractivity contribution in [1.29, 1.82) is 0 Å². The fraction of sp³-hybridized carbons (Fsp3) is 0.304. The number of halogens is 1. The number of anilines is 2. The number of hydrogen-bond donors (Lipinski definition) is 1. The van der Waals surface area contributed by atoms with Crippen LogP contribution in [0.2, 0.25) is 0 Å². The third-order valence-corrected chi connectivity index (χ3v) is 5.69. The number of hydrogen-bond acceptors (Lipinski definition) is 4. The van der Waals surface area contributed by atoms with E-state index < -0.39 is 0 Å². The molecule has 2 heterocycles. The van der Waals surface area contributed by atoms with E-state index in [9.17, 15) is 9.18 Å². The molecule has 0 atom stereocenters. The number of aromatic nitrogens is 1. The zero-order chi connectivity index (χ0) is 19.8. The minimum absolute atomic E-state index is 0.00895. The molecular weight excluding hydrogens is 367 g/mol. The van der Waals surface area contributed by atoms with Crippen molar-refractivity contribution in [2.24, 2.45) is 0 Å². The molecule has 0 bridgehead atoms. The molecule has 148 valence electrons. The van der Waals surface area contributed by atoms with Crippen LogP contribution in [-0.4, -0.2) is 43.1 Å². The Bertz CT molecular complexity index is 1040. The van der Waals surface area contributed by atoms with Gasteiger partial charge in [-0.1, -0.05) is 6.07 Å². The number of nitrogens with zero attached hydrogens (tertiary/aromatic N) is 3. The second-order valence-electron chi connectivity index (χ2n) is 7.77. The number of amides is 1. The topological polar surface area (TPSA) is 48.5 Å². The SMILES string of the molecule is O=C(NC1CC1)c1ccc2ccnc(N3CCN(c4ccc(F)cc4)CC3)c2c1. The Labute approximate surface area is 169 Å². The van der Waals surface area contributed by atoms with Gasteiger partial charge in [0.05, 0.1) is 0 Å². The Kier molecular flexibility index (Phi) is 4.54. The third-order valence-electron chi connectivity index (χ3n) is 5.69. The van der Waals surface area contributed by atoms with Crippen molar-refractivity contribution in [1.82, 2.24) is 10.3 Å². The van der Waals surface area contributed by atoms with Crippen LogP contribution in [0.1, 0.15) is 23.2 Å². The van der Waals surface area contributed by atoms with Crippen LogP contribution in [0.3, 0.4) is 0 Å². The monoisotopic (exact) mass is 390 g/mol. The lowest BCUT2D eigenvalue weighted by atomic mass is 10.1. The number of rotatable bonds is 4. The van der Waals surface area contributed by atoms with E-state index in [0.29, 0.717) is 11.6 Å². The molecule has 1 aromatic heterocycles. The van der Waals surface area contributed by atoms with E-state index in [1.165, 1.54) is 12.1 Å². The lowest BCUT2D eigenvalue weighted by molar-refractivity contribution is 0.0951. The normalized spacial score (nSPS) is 16.9. The molecule has 1 aliphatic carbocycles. The quantitative estimate of drug-likeness (QED) is 0.740. The molecule has 5 rings (SSSR count). The van der Waals surface area contributed by atoms with Gasteiger partial charge in [0, 0.05) is 55.1 Å². The molecule has 0 radical (unpaired) electrons. The number of carbonyl (C=O) groups excluding carboxylic acids is 1. The highest BCUT2D eigenvalue weighted by molar-refractivity contribution is 6.01. The zero-order valence-corrected chi connectivity index (χ0v) is 16.1. The first-order valence-corrected chi connectivity index (χ1v) is 10.1. The molecule has 1 N–H and O–H groups in total. The summed E-state index contributed by atoms with van der Waals surface area (Å²) in [5.74, 6) is 0.696. The summed E-state index contributed by atoms with van der Waals surface area (Å²) in [6.07, 6.45) is 3.98. The molecular formula is C23H23FN4O. The minimum atomic E-state index is -0.214. The Morgan fingerprint density at radius 3 is 2.41 bits per heavy atom. The lowest BCUT2D eigenvalue weighted by Gasteiger charge is -2.37. The molecule has 5 nitrogen and oxygen atoms in total. The number of piperazine rings is 1. The largest absolute Gasteiger partial charge is 0.368 e. The van der Waals surface area contributed by atoms with Gasteiger partial charge in [0.25, 0.3) is 5.91 Å². The van der Waals surface area contributed by atoms with Crippen LogP contribution in [-0.2, 0) is 0 Å². The van der Waals surface area contributed by atoms with Gasteiger partial charge in [0.2, 0.25) is 0 Å². The first-order chi connectivity index (χ1) is 14.2. The molecule has 1 saturated carbocycles. The minimum Gasteiger partial charge on any atom is -0.368 e. The highest BCUT2D eigenvalue weighted by Crippen LogP contribution is 2.28. The van der Waals surface area contributed by atoms with Crippen molar-refractivity contribution >= 4 is 28.2 Å². The van der Waals surface area contributed by atoms with Crippen molar-refractivity contribution in [3.05, 3.63) is 66.1 Å². The predicted octanol–water partition coefficient (Wildman–Crippen LogP) is 3.59. The summed E-state index contributed by atoms with van der Waals surface area (Å²) in [5, 5.41) is 5.14. The van der Waals surface area contributed by atoms with Crippen LogP contribution in [0.25, 0.3) is 10.8 Å². The van der Waals surface area contributed by atoms with Gasteiger partial charge < -0.3 is 15.1 Å². The maximum Gasteiger partial charge on any atom is 0.251 e. The van der Waals surface area contributed by atoms with Crippen LogP contribution in [0.15, 0.2) is 54.7 Å². The maximum atomic E-state index is 13.2. The molecule has 6 heteroatoms. The van der Waals surface area contributed by atoms with Crippen LogP contribution in [0.5, 0.6) is 0 Å². The second kappa shape index (κ2) is 7.35. The van der Waals surface area contributed by atoms with Crippen molar-refractivity contribution < 1.29 is 9.18 Å². The number of carbonyl (C=O) groups is 1. The molecule has 0 spiro atoms. The third kappa shape index (κ3) is 3.75. The van der Waals surface area contributed by atoms with E-state index in [-0.39, 0.29) is 11.7 Å². The van der Waals surface area contributed by atoms with Crippen LogP contribution >= 0.6 is 0 Å². The summed E-state index contributed by atoms with van der Waals surface area (Å²) >= 11 is 0. The summed E-state index contributed by atoms with van der Waals surface area (Å²) < 4.78 is 13.2. The number of benzene rings is 2. The van der Waals surface area contributed by atoms with E-state index in [4.69, 9.17) is 0 Å². The first kappa shape index (κ1) is 17.9. The van der Waals surface area contributed by atoms with Gasteiger partial charge in [-0.05, 0) is 60.7 Å². The number of pyridine rings is 1. The first-order valence-electron chi connectivity index (χ1n) is 10.1. The predicted molar refractivity (Wildman–Crippen MR) is 113 cm³/mol. The Morgan fingerprint density at radius 1 is 0.966 bits per heavy atom. The number of fused-ring (bicyclic) bond motifs is 1. The van der Waals surface area contributed by atoms with Gasteiger partial charge >= 0.3 is 0 Å². The van der Waals surface area contributed by atoms with E-state index in [1.54, 1.807) is 0 Å². The van der Waals surface area contributed by atoms with E-state index >= 15 is 0 Å². The molecule has 1 amide bonds. The molecule has 1 aliphatic heterocycles. The summed E-state index contributed by atoms with van der Waals surface area (Å²) in [6, 6.07) is 14.8. The second-order valence-corrected chi connectivity index (χ2v) is 7.77. The van der Waals surface area contributed by atoms with Crippen LogP contribution in [0, 0.1) is 5.82 Å². The standard InChI is InChI=1S/C23H23FN4O/c24-18-3-7-20(8-4-18)27-11-13-28(14-12-27)22-21-15-17(23(29)26-19-5-6-19)2-1-16(21)9-10-25-22/h1-4,7-10,15,19H,5-6,11-14H2,(H,26,29). The highest BCUT2D eigenvalue weighted by Gasteiger charge is 2.24. The molecule has 0 unspecified atom stereocenters. The average molecular weight is 390 g/mol. The van der Waals surface area contributed by atoms with Crippen molar-refractivity contribution in [3.63, 3.8) is 0 Å². The molecule has 3 aromatic rings. The van der Waals surface area contributed by atoms with E-state index in [1.807, 2.05) is 42.6 Å². The van der Waals surface area contributed by atoms with Gasteiger partial charge in [-0.2, -0.15) is 0 Å². The Balaban J connectivity index is 1.37. The van der Waals surface area contributed by atoms with Gasteiger partial charge in [-0.25, -0.2) is 9.37 Å². The Hall–Kier alpha value is -3.15. The van der Waals surface area contributed by atoms with E-state index in [2.05, 4.69) is 20.1 Å². The van der Waals surface area contributed by atoms with Gasteiger partial charge in [-0.3, -0.25) is 4.79 Å². The number of nitrogens with one attached hydrogen (secondary N) is 1. The molecule has 2 aliphatic rings. The lowest BCUT2D eigenvalue weighted by Crippen LogP contribution is -2.46. The average Bonchev–Trinajstić information content (AvgIpc) is 3.58. The fourth-order valence-corrected chi connectivity index (χ4v) is 3.87. The summed E-state index contributed by atoms with van der Waals surface area (Å²) in [4.78, 5) is 21.6. The maximum absolute atomic E-state index is 13.2. The fourth-order valence-electron chi connectivity index (χ4n) is 3.87. The summed E-state index contributed by atoms with van der Waals surface area (Å²) in [5.41, 5.74) is 1.72. The van der Waals surface area contributed by atoms with Crippen molar-refractivity contribution in [2.75, 3.05) is 36.0 Å². The summed E-state index contributed by atoms with van der Waals surface area (Å²) in [7, 11) is 0. The summed E-state index contributed by atoms with van der Waals surface area (Å²) in [6.45, 7) is 3.32. The van der Waals surface area contributed by atoms with Gasteiger partial charge in [0.15, 0.2) is 0 Å². The smallest absolute Gasteiger partial charge is 0.251 e. The van der Waals surface area contributed by atoms with Gasteiger partial charge in [-0.15, -0.1) is 0 Å². The molecule has 1 saturated heterocycles. The van der Waals surface area contributed by atoms with Gasteiger partial charge in [0.1, 0.15) is 11.6 Å². The zero-order valence-electron chi connectivity index (χ0n) is 16.1. The molecule has 29 heavy (non-hydrogen) atoms. The molecule has 2 aromatic carbocycles. The van der Waals surface area contributed by atoms with Crippen molar-refractivity contribution in [3.8, 4) is 0 Å². The van der Waals surface area contributed by atoms with Crippen LogP contribution in [0.4, 0.5) is 15.9 Å². The van der Waals surface area contributed by atoms with Crippen LogP contribution < -0.4 is 15.1 Å². The molecule has 2 fully saturated rings. The Morgan fingerprint density at radius 2 is 1.69 bits per heavy atom. The van der Waals surface area contributed by atoms with Crippen molar-refractivity contribution in [2.45, 2.75) is 18.9 Å². The van der Waals surface area contributed by atoms with E-state index in [0.717, 1.165) is 61.3 Å². The highest BCUT2D eigenvalue weighted by atomic mass is 19.1.